The van der Waals surface area contributed by atoms with Crippen molar-refractivity contribution < 1.29 is 23.8 Å². The second-order valence-electron chi connectivity index (χ2n) is 6.88. The number of alkyl halides is 1. The van der Waals surface area contributed by atoms with Crippen LogP contribution in [0.2, 0.25) is 0 Å². The molecule has 142 valence electrons. The first kappa shape index (κ1) is 18.9. The SMILES string of the molecule is COc1cccc(C2(F)CCN(C(=O)c3cc(C)cc(C(=O)O)c3)CC2)c1. The standard InChI is InChI=1S/C21H22FNO4/c1-14-10-15(12-16(11-14)20(25)26)19(24)23-8-6-21(22,7-9-23)17-4-3-5-18(13-17)27-2/h3-5,10-13H,6-9H2,1-2H3,(H,25,26). The van der Waals surface area contributed by atoms with Gasteiger partial charge in [-0.25, -0.2) is 9.18 Å². The van der Waals surface area contributed by atoms with E-state index in [1.54, 1.807) is 49.3 Å². The Kier molecular flexibility index (Phi) is 5.17. The topological polar surface area (TPSA) is 66.8 Å². The Morgan fingerprint density at radius 2 is 1.78 bits per heavy atom. The lowest BCUT2D eigenvalue weighted by Crippen LogP contribution is -2.43. The summed E-state index contributed by atoms with van der Waals surface area (Å²) in [7, 11) is 1.54. The second-order valence-corrected chi connectivity index (χ2v) is 6.88. The maximum absolute atomic E-state index is 15.4. The summed E-state index contributed by atoms with van der Waals surface area (Å²) in [5.74, 6) is -0.745. The summed E-state index contributed by atoms with van der Waals surface area (Å²) >= 11 is 0. The molecule has 0 spiro atoms. The van der Waals surface area contributed by atoms with Gasteiger partial charge in [-0.2, -0.15) is 0 Å². The Bertz CT molecular complexity index is 872. The maximum Gasteiger partial charge on any atom is 0.335 e. The molecule has 0 bridgehead atoms. The van der Waals surface area contributed by atoms with E-state index < -0.39 is 11.6 Å². The maximum atomic E-state index is 15.4. The number of rotatable bonds is 4. The van der Waals surface area contributed by atoms with Gasteiger partial charge in [0.15, 0.2) is 0 Å². The molecular formula is C21H22FNO4. The van der Waals surface area contributed by atoms with Gasteiger partial charge in [0, 0.05) is 31.5 Å². The zero-order chi connectivity index (χ0) is 19.6. The summed E-state index contributed by atoms with van der Waals surface area (Å²) in [5.41, 5.74) is 0.139. The Morgan fingerprint density at radius 1 is 1.11 bits per heavy atom. The van der Waals surface area contributed by atoms with Crippen molar-refractivity contribution in [1.29, 1.82) is 0 Å². The van der Waals surface area contributed by atoms with Crippen molar-refractivity contribution in [2.24, 2.45) is 0 Å². The predicted molar refractivity (Wildman–Crippen MR) is 99.1 cm³/mol. The molecule has 1 amide bonds. The first-order valence-corrected chi connectivity index (χ1v) is 8.80. The van der Waals surface area contributed by atoms with Crippen LogP contribution in [0.4, 0.5) is 4.39 Å². The number of methoxy groups -OCH3 is 1. The van der Waals surface area contributed by atoms with Gasteiger partial charge in [0.05, 0.1) is 12.7 Å². The highest BCUT2D eigenvalue weighted by Crippen LogP contribution is 2.38. The van der Waals surface area contributed by atoms with E-state index in [0.717, 1.165) is 0 Å². The summed E-state index contributed by atoms with van der Waals surface area (Å²) < 4.78 is 20.6. The summed E-state index contributed by atoms with van der Waals surface area (Å²) in [5, 5.41) is 9.18. The molecule has 0 saturated carbocycles. The largest absolute Gasteiger partial charge is 0.497 e. The van der Waals surface area contributed by atoms with E-state index in [4.69, 9.17) is 4.74 Å². The minimum absolute atomic E-state index is 0.0755. The Hall–Kier alpha value is -2.89. The van der Waals surface area contributed by atoms with Crippen LogP contribution in [-0.2, 0) is 5.67 Å². The van der Waals surface area contributed by atoms with Crippen LogP contribution in [0.25, 0.3) is 0 Å². The number of piperidine rings is 1. The molecule has 5 nitrogen and oxygen atoms in total. The predicted octanol–water partition coefficient (Wildman–Crippen LogP) is 3.80. The summed E-state index contributed by atoms with van der Waals surface area (Å²) in [4.78, 5) is 25.6. The average Bonchev–Trinajstić information content (AvgIpc) is 2.67. The summed E-state index contributed by atoms with van der Waals surface area (Å²) in [6.45, 7) is 2.28. The van der Waals surface area contributed by atoms with Gasteiger partial charge < -0.3 is 14.7 Å². The average molecular weight is 371 g/mol. The van der Waals surface area contributed by atoms with Crippen LogP contribution in [0.5, 0.6) is 5.75 Å². The molecule has 1 aliphatic rings. The molecule has 2 aromatic rings. The van der Waals surface area contributed by atoms with Gasteiger partial charge in [0.1, 0.15) is 11.4 Å². The number of nitrogens with zero attached hydrogens (tertiary/aromatic N) is 1. The van der Waals surface area contributed by atoms with Crippen molar-refractivity contribution in [2.45, 2.75) is 25.4 Å². The van der Waals surface area contributed by atoms with E-state index in [9.17, 15) is 14.7 Å². The number of carbonyl (C=O) groups is 2. The van der Waals surface area contributed by atoms with Crippen LogP contribution in [0, 0.1) is 6.92 Å². The van der Waals surface area contributed by atoms with Crippen LogP contribution >= 0.6 is 0 Å². The summed E-state index contributed by atoms with van der Waals surface area (Å²) in [6.07, 6.45) is 0.368. The van der Waals surface area contributed by atoms with Gasteiger partial charge in [0.25, 0.3) is 5.91 Å². The number of aromatic carboxylic acids is 1. The van der Waals surface area contributed by atoms with E-state index in [-0.39, 0.29) is 37.4 Å². The Morgan fingerprint density at radius 3 is 2.41 bits per heavy atom. The molecule has 27 heavy (non-hydrogen) atoms. The van der Waals surface area contributed by atoms with E-state index in [0.29, 0.717) is 22.4 Å². The minimum Gasteiger partial charge on any atom is -0.497 e. The van der Waals surface area contributed by atoms with Gasteiger partial charge in [-0.1, -0.05) is 12.1 Å². The van der Waals surface area contributed by atoms with E-state index in [1.165, 1.54) is 12.1 Å². The van der Waals surface area contributed by atoms with E-state index in [1.807, 2.05) is 0 Å². The highest BCUT2D eigenvalue weighted by molar-refractivity contribution is 5.97. The van der Waals surface area contributed by atoms with Crippen molar-refractivity contribution in [3.63, 3.8) is 0 Å². The molecule has 2 aromatic carbocycles. The van der Waals surface area contributed by atoms with Crippen molar-refractivity contribution in [3.05, 3.63) is 64.7 Å². The van der Waals surface area contributed by atoms with Crippen LogP contribution in [-0.4, -0.2) is 42.1 Å². The van der Waals surface area contributed by atoms with Crippen LogP contribution in [0.15, 0.2) is 42.5 Å². The monoisotopic (exact) mass is 371 g/mol. The molecule has 1 aliphatic heterocycles. The van der Waals surface area contributed by atoms with Gasteiger partial charge in [-0.15, -0.1) is 0 Å². The third-order valence-electron chi connectivity index (χ3n) is 5.00. The fraction of sp³-hybridized carbons (Fsp3) is 0.333. The Labute approximate surface area is 157 Å². The van der Waals surface area contributed by atoms with Gasteiger partial charge >= 0.3 is 5.97 Å². The number of carboxylic acid groups (broad SMARTS) is 1. The zero-order valence-corrected chi connectivity index (χ0v) is 15.4. The molecule has 0 atom stereocenters. The van der Waals surface area contributed by atoms with Crippen LogP contribution < -0.4 is 4.74 Å². The molecule has 6 heteroatoms. The first-order valence-electron chi connectivity index (χ1n) is 8.80. The fourth-order valence-corrected chi connectivity index (χ4v) is 3.47. The molecule has 1 saturated heterocycles. The number of amides is 1. The second kappa shape index (κ2) is 7.39. The number of likely N-dealkylation sites (tertiary alicyclic amines) is 1. The molecule has 0 unspecified atom stereocenters. The number of aryl methyl sites for hydroxylation is 1. The molecule has 1 fully saturated rings. The number of carboxylic acids is 1. The zero-order valence-electron chi connectivity index (χ0n) is 15.4. The van der Waals surface area contributed by atoms with Gasteiger partial charge in [-0.3, -0.25) is 4.79 Å². The number of benzene rings is 2. The molecule has 0 aromatic heterocycles. The highest BCUT2D eigenvalue weighted by Gasteiger charge is 2.38. The summed E-state index contributed by atoms with van der Waals surface area (Å²) in [6, 6.07) is 11.5. The van der Waals surface area contributed by atoms with E-state index >= 15 is 4.39 Å². The molecule has 1 heterocycles. The molecule has 1 N–H and O–H groups in total. The number of hydrogen-bond acceptors (Lipinski definition) is 3. The molecular weight excluding hydrogens is 349 g/mol. The van der Waals surface area contributed by atoms with Gasteiger partial charge in [0.2, 0.25) is 0 Å². The number of hydrogen-bond donors (Lipinski definition) is 1. The van der Waals surface area contributed by atoms with Crippen LogP contribution in [0.1, 0.15) is 44.7 Å². The lowest BCUT2D eigenvalue weighted by molar-refractivity contribution is 0.0420. The number of carbonyl (C=O) groups excluding carboxylic acids is 1. The molecule has 3 rings (SSSR count). The highest BCUT2D eigenvalue weighted by atomic mass is 19.1. The fourth-order valence-electron chi connectivity index (χ4n) is 3.47. The van der Waals surface area contributed by atoms with E-state index in [2.05, 4.69) is 0 Å². The smallest absolute Gasteiger partial charge is 0.335 e. The van der Waals surface area contributed by atoms with Crippen molar-refractivity contribution in [1.82, 2.24) is 4.90 Å². The minimum atomic E-state index is -1.51. The lowest BCUT2D eigenvalue weighted by atomic mass is 9.86. The normalized spacial score (nSPS) is 16.0. The Balaban J connectivity index is 1.75. The third kappa shape index (κ3) is 3.94. The lowest BCUT2D eigenvalue weighted by Gasteiger charge is -2.37. The van der Waals surface area contributed by atoms with Crippen LogP contribution in [0.3, 0.4) is 0 Å². The first-order chi connectivity index (χ1) is 12.8. The number of ether oxygens (including phenoxy) is 1. The van der Waals surface area contributed by atoms with Gasteiger partial charge in [-0.05, 0) is 48.4 Å². The number of halogens is 1. The van der Waals surface area contributed by atoms with Crippen molar-refractivity contribution in [2.75, 3.05) is 20.2 Å². The quantitative estimate of drug-likeness (QED) is 0.888. The third-order valence-corrected chi connectivity index (χ3v) is 5.00. The van der Waals surface area contributed by atoms with Crippen molar-refractivity contribution >= 4 is 11.9 Å². The molecule has 0 radical (unpaired) electrons. The molecule has 0 aliphatic carbocycles. The van der Waals surface area contributed by atoms with Crippen molar-refractivity contribution in [3.8, 4) is 5.75 Å².